The molecule has 1 atom stereocenters. The fourth-order valence-corrected chi connectivity index (χ4v) is 2.50. The quantitative estimate of drug-likeness (QED) is 0.856. The van der Waals surface area contributed by atoms with Crippen molar-refractivity contribution in [3.63, 3.8) is 0 Å². The molecule has 0 bridgehead atoms. The molecule has 2 aliphatic heterocycles. The van der Waals surface area contributed by atoms with Crippen LogP contribution >= 0.6 is 0 Å². The van der Waals surface area contributed by atoms with Gasteiger partial charge in [0, 0.05) is 12.6 Å². The third kappa shape index (κ3) is 2.33. The molecule has 4 nitrogen and oxygen atoms in total. The van der Waals surface area contributed by atoms with Crippen LogP contribution in [-0.4, -0.2) is 31.2 Å². The zero-order chi connectivity index (χ0) is 11.5. The highest BCUT2D eigenvalue weighted by Crippen LogP contribution is 2.25. The highest BCUT2D eigenvalue weighted by molar-refractivity contribution is 5.47. The lowest BCUT2D eigenvalue weighted by Crippen LogP contribution is -2.32. The molecule has 90 valence electrons. The maximum absolute atomic E-state index is 5.25. The molecule has 0 saturated heterocycles. The molecule has 0 aromatic heterocycles. The minimum Gasteiger partial charge on any atom is -0.392 e. The maximum Gasteiger partial charge on any atom is 0.198 e. The van der Waals surface area contributed by atoms with Gasteiger partial charge in [-0.15, -0.1) is 5.06 Å². The van der Waals surface area contributed by atoms with Crippen molar-refractivity contribution in [3.05, 3.63) is 35.4 Å². The van der Waals surface area contributed by atoms with Gasteiger partial charge < -0.3 is 10.2 Å². The highest BCUT2D eigenvalue weighted by Gasteiger charge is 2.20. The summed E-state index contributed by atoms with van der Waals surface area (Å²) in [5.41, 5.74) is 2.92. The van der Waals surface area contributed by atoms with Gasteiger partial charge in [0.05, 0.1) is 0 Å². The standard InChI is InChI=1S/C13H17N3O/c1-2-4-12-11(3-1)5-7-15-13(12)6-8-16-9-14-10-17-16/h1-4,10,13,15H,5-9H2. The van der Waals surface area contributed by atoms with Gasteiger partial charge in [0.15, 0.2) is 6.40 Å². The summed E-state index contributed by atoms with van der Waals surface area (Å²) in [7, 11) is 0. The summed E-state index contributed by atoms with van der Waals surface area (Å²) in [4.78, 5) is 9.28. The van der Waals surface area contributed by atoms with Gasteiger partial charge in [-0.1, -0.05) is 24.3 Å². The Bertz CT molecular complexity index is 411. The third-order valence-electron chi connectivity index (χ3n) is 3.39. The van der Waals surface area contributed by atoms with E-state index >= 15 is 0 Å². The lowest BCUT2D eigenvalue weighted by molar-refractivity contribution is -0.0459. The number of hydrogen-bond acceptors (Lipinski definition) is 4. The van der Waals surface area contributed by atoms with Crippen LogP contribution in [0.25, 0.3) is 0 Å². The van der Waals surface area contributed by atoms with E-state index in [1.165, 1.54) is 17.5 Å². The summed E-state index contributed by atoms with van der Waals surface area (Å²) < 4.78 is 0. The molecular formula is C13H17N3O. The second-order valence-corrected chi connectivity index (χ2v) is 4.48. The molecule has 1 aromatic rings. The van der Waals surface area contributed by atoms with Crippen molar-refractivity contribution in [3.8, 4) is 0 Å². The second kappa shape index (κ2) is 4.85. The average molecular weight is 231 g/mol. The molecule has 0 radical (unpaired) electrons. The minimum atomic E-state index is 0.448. The van der Waals surface area contributed by atoms with Crippen molar-refractivity contribution in [1.82, 2.24) is 10.4 Å². The molecule has 3 rings (SSSR count). The fraction of sp³-hybridized carbons (Fsp3) is 0.462. The summed E-state index contributed by atoms with van der Waals surface area (Å²) in [6.45, 7) is 2.64. The lowest BCUT2D eigenvalue weighted by Gasteiger charge is -2.27. The minimum absolute atomic E-state index is 0.448. The Morgan fingerprint density at radius 3 is 3.24 bits per heavy atom. The Kier molecular flexibility index (Phi) is 3.07. The number of nitrogens with zero attached hydrogens (tertiary/aromatic N) is 2. The van der Waals surface area contributed by atoms with Crippen molar-refractivity contribution < 1.29 is 4.84 Å². The van der Waals surface area contributed by atoms with Gasteiger partial charge in [-0.05, 0) is 30.5 Å². The fourth-order valence-electron chi connectivity index (χ4n) is 2.50. The summed E-state index contributed by atoms with van der Waals surface area (Å²) in [6, 6.07) is 9.16. The van der Waals surface area contributed by atoms with Gasteiger partial charge >= 0.3 is 0 Å². The number of hydrogen-bond donors (Lipinski definition) is 1. The first-order valence-electron chi connectivity index (χ1n) is 6.15. The van der Waals surface area contributed by atoms with E-state index in [-0.39, 0.29) is 0 Å². The monoisotopic (exact) mass is 231 g/mol. The normalized spacial score (nSPS) is 23.4. The van der Waals surface area contributed by atoms with Crippen LogP contribution in [0.2, 0.25) is 0 Å². The SMILES string of the molecule is C1=NCN(CCC2NCCc3ccccc32)O1. The van der Waals surface area contributed by atoms with Crippen LogP contribution < -0.4 is 5.32 Å². The maximum atomic E-state index is 5.25. The van der Waals surface area contributed by atoms with Crippen molar-refractivity contribution in [2.24, 2.45) is 4.99 Å². The van der Waals surface area contributed by atoms with Crippen LogP contribution in [0.4, 0.5) is 0 Å². The first kappa shape index (κ1) is 10.7. The van der Waals surface area contributed by atoms with Gasteiger partial charge in [0.2, 0.25) is 0 Å². The van der Waals surface area contributed by atoms with Gasteiger partial charge in [-0.2, -0.15) is 0 Å². The summed E-state index contributed by atoms with van der Waals surface area (Å²) in [5.74, 6) is 0. The number of hydroxylamine groups is 2. The first-order valence-corrected chi connectivity index (χ1v) is 6.15. The Labute approximate surface area is 101 Å². The Morgan fingerprint density at radius 1 is 1.41 bits per heavy atom. The molecule has 0 amide bonds. The predicted molar refractivity (Wildman–Crippen MR) is 66.7 cm³/mol. The van der Waals surface area contributed by atoms with Crippen LogP contribution in [0.5, 0.6) is 0 Å². The summed E-state index contributed by atoms with van der Waals surface area (Å²) >= 11 is 0. The van der Waals surface area contributed by atoms with Gasteiger partial charge in [0.1, 0.15) is 6.67 Å². The molecule has 0 aliphatic carbocycles. The molecule has 1 aromatic carbocycles. The highest BCUT2D eigenvalue weighted by atomic mass is 16.7. The molecule has 4 heteroatoms. The van der Waals surface area contributed by atoms with Crippen LogP contribution in [-0.2, 0) is 11.3 Å². The van der Waals surface area contributed by atoms with E-state index in [9.17, 15) is 0 Å². The average Bonchev–Trinajstić information content (AvgIpc) is 2.89. The van der Waals surface area contributed by atoms with E-state index in [1.54, 1.807) is 0 Å². The number of benzene rings is 1. The van der Waals surface area contributed by atoms with Crippen molar-refractivity contribution in [2.75, 3.05) is 19.8 Å². The van der Waals surface area contributed by atoms with Crippen molar-refractivity contribution in [1.29, 1.82) is 0 Å². The summed E-state index contributed by atoms with van der Waals surface area (Å²) in [5, 5.41) is 5.46. The zero-order valence-electron chi connectivity index (χ0n) is 9.80. The number of rotatable bonds is 3. The molecule has 2 aliphatic rings. The molecule has 2 heterocycles. The molecular weight excluding hydrogens is 214 g/mol. The van der Waals surface area contributed by atoms with Gasteiger partial charge in [-0.3, -0.25) is 0 Å². The van der Waals surface area contributed by atoms with E-state index in [0.29, 0.717) is 12.7 Å². The van der Waals surface area contributed by atoms with Crippen LogP contribution in [0.3, 0.4) is 0 Å². The van der Waals surface area contributed by atoms with E-state index in [4.69, 9.17) is 4.84 Å². The van der Waals surface area contributed by atoms with Crippen molar-refractivity contribution >= 4 is 6.40 Å². The number of nitrogens with one attached hydrogen (secondary N) is 1. The first-order chi connectivity index (χ1) is 8.43. The lowest BCUT2D eigenvalue weighted by atomic mass is 9.92. The Hall–Kier alpha value is -1.39. The van der Waals surface area contributed by atoms with E-state index in [1.807, 2.05) is 5.06 Å². The Balaban J connectivity index is 1.64. The zero-order valence-corrected chi connectivity index (χ0v) is 9.80. The predicted octanol–water partition coefficient (Wildman–Crippen LogP) is 1.50. The Morgan fingerprint density at radius 2 is 2.35 bits per heavy atom. The van der Waals surface area contributed by atoms with Crippen molar-refractivity contribution in [2.45, 2.75) is 18.9 Å². The van der Waals surface area contributed by atoms with E-state index in [2.05, 4.69) is 34.6 Å². The van der Waals surface area contributed by atoms with E-state index < -0.39 is 0 Å². The van der Waals surface area contributed by atoms with Gasteiger partial charge in [0.25, 0.3) is 0 Å². The molecule has 1 unspecified atom stereocenters. The topological polar surface area (TPSA) is 36.9 Å². The van der Waals surface area contributed by atoms with Crippen LogP contribution in [0.1, 0.15) is 23.6 Å². The van der Waals surface area contributed by atoms with Crippen LogP contribution in [0, 0.1) is 0 Å². The number of aliphatic imine (C=N–C) groups is 1. The number of fused-ring (bicyclic) bond motifs is 1. The molecule has 0 spiro atoms. The molecule has 0 fully saturated rings. The van der Waals surface area contributed by atoms with E-state index in [0.717, 1.165) is 25.9 Å². The van der Waals surface area contributed by atoms with Crippen LogP contribution in [0.15, 0.2) is 29.3 Å². The molecule has 0 saturated carbocycles. The molecule has 17 heavy (non-hydrogen) atoms. The smallest absolute Gasteiger partial charge is 0.198 e. The third-order valence-corrected chi connectivity index (χ3v) is 3.39. The summed E-state index contributed by atoms with van der Waals surface area (Å²) in [6.07, 6.45) is 3.71. The largest absolute Gasteiger partial charge is 0.392 e. The molecule has 1 N–H and O–H groups in total. The van der Waals surface area contributed by atoms with Gasteiger partial charge in [-0.25, -0.2) is 4.99 Å². The second-order valence-electron chi connectivity index (χ2n) is 4.48.